The highest BCUT2D eigenvalue weighted by atomic mass is 35.5. The quantitative estimate of drug-likeness (QED) is 0.610. The molecule has 0 spiro atoms. The molecule has 138 valence electrons. The molecule has 1 aromatic heterocycles. The summed E-state index contributed by atoms with van der Waals surface area (Å²) in [5, 5.41) is 8.26. The van der Waals surface area contributed by atoms with Crippen LogP contribution >= 0.6 is 11.6 Å². The van der Waals surface area contributed by atoms with Crippen LogP contribution in [0.25, 0.3) is 11.8 Å². The fourth-order valence-electron chi connectivity index (χ4n) is 2.55. The molecule has 3 rings (SSSR count). The molecule has 0 saturated carbocycles. The highest BCUT2D eigenvalue weighted by Gasteiger charge is 2.21. The maximum atomic E-state index is 12.4. The van der Waals surface area contributed by atoms with Crippen molar-refractivity contribution in [3.8, 4) is 5.69 Å². The van der Waals surface area contributed by atoms with Gasteiger partial charge in [0, 0.05) is 22.6 Å². The first-order chi connectivity index (χ1) is 12.8. The van der Waals surface area contributed by atoms with E-state index in [9.17, 15) is 4.79 Å². The van der Waals surface area contributed by atoms with Gasteiger partial charge in [0.05, 0.1) is 11.4 Å². The van der Waals surface area contributed by atoms with Gasteiger partial charge in [0.1, 0.15) is 5.82 Å². The lowest BCUT2D eigenvalue weighted by Crippen LogP contribution is -2.13. The van der Waals surface area contributed by atoms with Crippen LogP contribution in [0.3, 0.4) is 0 Å². The molecule has 2 aromatic carbocycles. The van der Waals surface area contributed by atoms with Gasteiger partial charge in [0.25, 0.3) is 0 Å². The SMILES string of the molecule is CC(C)(C)c1cc(NC(=O)/C=C/c2cccc(Cl)c2)n(-c2ccccc2)n1. The van der Waals surface area contributed by atoms with E-state index >= 15 is 0 Å². The van der Waals surface area contributed by atoms with Crippen molar-refractivity contribution in [2.75, 3.05) is 5.32 Å². The highest BCUT2D eigenvalue weighted by Crippen LogP contribution is 2.26. The normalized spacial score (nSPS) is 11.7. The van der Waals surface area contributed by atoms with Crippen LogP contribution < -0.4 is 5.32 Å². The second-order valence-corrected chi connectivity index (χ2v) is 7.73. The van der Waals surface area contributed by atoms with Gasteiger partial charge in [-0.1, -0.05) is 62.7 Å². The van der Waals surface area contributed by atoms with E-state index in [1.54, 1.807) is 22.9 Å². The van der Waals surface area contributed by atoms with Crippen molar-refractivity contribution >= 4 is 29.4 Å². The van der Waals surface area contributed by atoms with Gasteiger partial charge in [-0.3, -0.25) is 4.79 Å². The molecule has 4 nitrogen and oxygen atoms in total. The fourth-order valence-corrected chi connectivity index (χ4v) is 2.75. The van der Waals surface area contributed by atoms with E-state index in [0.29, 0.717) is 10.8 Å². The molecule has 1 heterocycles. The van der Waals surface area contributed by atoms with Crippen LogP contribution in [-0.4, -0.2) is 15.7 Å². The third kappa shape index (κ3) is 4.86. The van der Waals surface area contributed by atoms with Crippen LogP contribution in [0.1, 0.15) is 32.0 Å². The fraction of sp³-hybridized carbons (Fsp3) is 0.182. The van der Waals surface area contributed by atoms with Gasteiger partial charge in [0.2, 0.25) is 5.91 Å². The molecule has 0 aliphatic heterocycles. The summed E-state index contributed by atoms with van der Waals surface area (Å²) in [5.74, 6) is 0.402. The van der Waals surface area contributed by atoms with Gasteiger partial charge in [-0.05, 0) is 35.9 Å². The third-order valence-electron chi connectivity index (χ3n) is 4.01. The number of hydrogen-bond donors (Lipinski definition) is 1. The Bertz CT molecular complexity index is 969. The zero-order chi connectivity index (χ0) is 19.4. The number of anilines is 1. The molecular formula is C22H22ClN3O. The Morgan fingerprint density at radius 2 is 1.81 bits per heavy atom. The van der Waals surface area contributed by atoms with Crippen LogP contribution in [0.2, 0.25) is 5.02 Å². The van der Waals surface area contributed by atoms with Gasteiger partial charge >= 0.3 is 0 Å². The molecule has 1 amide bonds. The minimum Gasteiger partial charge on any atom is -0.307 e. The van der Waals surface area contributed by atoms with Crippen molar-refractivity contribution in [2.24, 2.45) is 0 Å². The average molecular weight is 380 g/mol. The Hall–Kier alpha value is -2.85. The zero-order valence-electron chi connectivity index (χ0n) is 15.6. The number of rotatable bonds is 4. The number of para-hydroxylation sites is 1. The number of carbonyl (C=O) groups is 1. The molecule has 0 radical (unpaired) electrons. The molecule has 0 bridgehead atoms. The number of carbonyl (C=O) groups excluding carboxylic acids is 1. The Kier molecular flexibility index (Phi) is 5.47. The van der Waals surface area contributed by atoms with Crippen LogP contribution in [0.4, 0.5) is 5.82 Å². The smallest absolute Gasteiger partial charge is 0.249 e. The summed E-state index contributed by atoms with van der Waals surface area (Å²) in [4.78, 5) is 12.4. The number of nitrogens with one attached hydrogen (secondary N) is 1. The topological polar surface area (TPSA) is 46.9 Å². The third-order valence-corrected chi connectivity index (χ3v) is 4.24. The van der Waals surface area contributed by atoms with Crippen molar-refractivity contribution in [1.82, 2.24) is 9.78 Å². The molecule has 3 aromatic rings. The first kappa shape index (κ1) is 18.9. The molecule has 0 aliphatic rings. The van der Waals surface area contributed by atoms with E-state index < -0.39 is 0 Å². The van der Waals surface area contributed by atoms with E-state index in [2.05, 4.69) is 26.1 Å². The predicted molar refractivity (Wildman–Crippen MR) is 111 cm³/mol. The van der Waals surface area contributed by atoms with E-state index in [-0.39, 0.29) is 11.3 Å². The van der Waals surface area contributed by atoms with E-state index in [0.717, 1.165) is 16.9 Å². The number of aromatic nitrogens is 2. The predicted octanol–water partition coefficient (Wildman–Crippen LogP) is 5.48. The first-order valence-corrected chi connectivity index (χ1v) is 9.11. The van der Waals surface area contributed by atoms with Crippen LogP contribution in [0.5, 0.6) is 0 Å². The minimum atomic E-state index is -0.229. The number of halogens is 1. The zero-order valence-corrected chi connectivity index (χ0v) is 16.4. The van der Waals surface area contributed by atoms with Gasteiger partial charge < -0.3 is 5.32 Å². The lowest BCUT2D eigenvalue weighted by atomic mass is 9.92. The van der Waals surface area contributed by atoms with E-state index in [4.69, 9.17) is 16.7 Å². The Morgan fingerprint density at radius 3 is 2.48 bits per heavy atom. The summed E-state index contributed by atoms with van der Waals surface area (Å²) in [6, 6.07) is 19.0. The number of nitrogens with zero attached hydrogens (tertiary/aromatic N) is 2. The second kappa shape index (κ2) is 7.80. The first-order valence-electron chi connectivity index (χ1n) is 8.73. The van der Waals surface area contributed by atoms with E-state index in [1.165, 1.54) is 6.08 Å². The van der Waals surface area contributed by atoms with Gasteiger partial charge in [-0.25, -0.2) is 4.68 Å². The van der Waals surface area contributed by atoms with Crippen LogP contribution in [-0.2, 0) is 10.2 Å². The minimum absolute atomic E-state index is 0.129. The van der Waals surface area contributed by atoms with Gasteiger partial charge in [-0.2, -0.15) is 5.10 Å². The highest BCUT2D eigenvalue weighted by molar-refractivity contribution is 6.30. The lowest BCUT2D eigenvalue weighted by Gasteiger charge is -2.14. The summed E-state index contributed by atoms with van der Waals surface area (Å²) in [6.07, 6.45) is 3.22. The summed E-state index contributed by atoms with van der Waals surface area (Å²) >= 11 is 5.98. The van der Waals surface area contributed by atoms with Crippen molar-refractivity contribution in [3.05, 3.63) is 83.0 Å². The summed E-state index contributed by atoms with van der Waals surface area (Å²) < 4.78 is 1.76. The standard InChI is InChI=1S/C22H22ClN3O/c1-22(2,3)19-15-20(26(25-19)18-10-5-4-6-11-18)24-21(27)13-12-16-8-7-9-17(23)14-16/h4-15H,1-3H3,(H,24,27)/b13-12+. The Morgan fingerprint density at radius 1 is 1.07 bits per heavy atom. The molecule has 0 aliphatic carbocycles. The van der Waals surface area contributed by atoms with E-state index in [1.807, 2.05) is 48.5 Å². The van der Waals surface area contributed by atoms with Gasteiger partial charge in [-0.15, -0.1) is 0 Å². The second-order valence-electron chi connectivity index (χ2n) is 7.29. The van der Waals surface area contributed by atoms with Crippen molar-refractivity contribution in [2.45, 2.75) is 26.2 Å². The summed E-state index contributed by atoms with van der Waals surface area (Å²) in [6.45, 7) is 6.28. The van der Waals surface area contributed by atoms with Crippen LogP contribution in [0, 0.1) is 0 Å². The maximum Gasteiger partial charge on any atom is 0.249 e. The molecule has 0 saturated heterocycles. The maximum absolute atomic E-state index is 12.4. The summed E-state index contributed by atoms with van der Waals surface area (Å²) in [7, 11) is 0. The Balaban J connectivity index is 1.87. The summed E-state index contributed by atoms with van der Waals surface area (Å²) in [5.41, 5.74) is 2.53. The Labute approximate surface area is 164 Å². The number of hydrogen-bond acceptors (Lipinski definition) is 2. The van der Waals surface area contributed by atoms with Crippen molar-refractivity contribution < 1.29 is 4.79 Å². The van der Waals surface area contributed by atoms with Crippen molar-refractivity contribution in [1.29, 1.82) is 0 Å². The monoisotopic (exact) mass is 379 g/mol. The van der Waals surface area contributed by atoms with Gasteiger partial charge in [0.15, 0.2) is 0 Å². The lowest BCUT2D eigenvalue weighted by molar-refractivity contribution is -0.111. The molecule has 5 heteroatoms. The average Bonchev–Trinajstić information content (AvgIpc) is 3.05. The molecule has 27 heavy (non-hydrogen) atoms. The largest absolute Gasteiger partial charge is 0.307 e. The van der Waals surface area contributed by atoms with Crippen LogP contribution in [0.15, 0.2) is 66.7 Å². The molecular weight excluding hydrogens is 358 g/mol. The molecule has 0 fully saturated rings. The number of benzene rings is 2. The van der Waals surface area contributed by atoms with Crippen molar-refractivity contribution in [3.63, 3.8) is 0 Å². The molecule has 1 N–H and O–H groups in total. The number of amides is 1. The molecule has 0 unspecified atom stereocenters. The molecule has 0 atom stereocenters.